The Bertz CT molecular complexity index is 867. The Morgan fingerprint density at radius 3 is 2.50 bits per heavy atom. The van der Waals surface area contributed by atoms with Crippen LogP contribution in [-0.4, -0.2) is 32.8 Å². The third kappa shape index (κ3) is 2.76. The molecule has 5 nitrogen and oxygen atoms in total. The first-order valence-corrected chi connectivity index (χ1v) is 8.46. The van der Waals surface area contributed by atoms with Crippen molar-refractivity contribution in [1.82, 2.24) is 19.7 Å². The molecule has 3 aromatic rings. The zero-order chi connectivity index (χ0) is 16.5. The third-order valence-electron chi connectivity index (χ3n) is 4.40. The molecule has 0 aliphatic carbocycles. The van der Waals surface area contributed by atoms with Crippen LogP contribution >= 0.6 is 11.6 Å². The summed E-state index contributed by atoms with van der Waals surface area (Å²) in [6, 6.07) is 12.2. The van der Waals surface area contributed by atoms with E-state index >= 15 is 0 Å². The van der Waals surface area contributed by atoms with Gasteiger partial charge in [0.1, 0.15) is 17.3 Å². The summed E-state index contributed by atoms with van der Waals surface area (Å²) >= 11 is 6.32. The molecule has 1 aliphatic heterocycles. The quantitative estimate of drug-likeness (QED) is 0.681. The van der Waals surface area contributed by atoms with E-state index < -0.39 is 0 Å². The van der Waals surface area contributed by atoms with E-state index in [1.165, 1.54) is 12.8 Å². The monoisotopic (exact) mass is 339 g/mol. The van der Waals surface area contributed by atoms with E-state index in [-0.39, 0.29) is 0 Å². The van der Waals surface area contributed by atoms with Crippen LogP contribution in [0.25, 0.3) is 22.5 Å². The highest BCUT2D eigenvalue weighted by Crippen LogP contribution is 2.34. The second kappa shape index (κ2) is 6.24. The highest BCUT2D eigenvalue weighted by atomic mass is 35.5. The van der Waals surface area contributed by atoms with Crippen molar-refractivity contribution in [3.05, 3.63) is 47.9 Å². The Morgan fingerprint density at radius 1 is 1.04 bits per heavy atom. The fraction of sp³-hybridized carbons (Fsp3) is 0.278. The van der Waals surface area contributed by atoms with E-state index in [0.29, 0.717) is 5.15 Å². The lowest BCUT2D eigenvalue weighted by Gasteiger charge is -2.18. The van der Waals surface area contributed by atoms with Crippen molar-refractivity contribution >= 4 is 17.4 Å². The summed E-state index contributed by atoms with van der Waals surface area (Å²) in [6.07, 6.45) is 4.12. The van der Waals surface area contributed by atoms with Crippen molar-refractivity contribution < 1.29 is 0 Å². The third-order valence-corrected chi connectivity index (χ3v) is 4.59. The topological polar surface area (TPSA) is 46.8 Å². The van der Waals surface area contributed by atoms with Crippen molar-refractivity contribution in [2.24, 2.45) is 7.05 Å². The molecule has 0 spiro atoms. The molecule has 6 heteroatoms. The van der Waals surface area contributed by atoms with E-state index in [0.717, 1.165) is 41.4 Å². The van der Waals surface area contributed by atoms with Crippen LogP contribution in [0.1, 0.15) is 12.8 Å². The van der Waals surface area contributed by atoms with Crippen molar-refractivity contribution in [2.45, 2.75) is 12.8 Å². The minimum atomic E-state index is 0.516. The molecule has 24 heavy (non-hydrogen) atoms. The van der Waals surface area contributed by atoms with Gasteiger partial charge in [-0.1, -0.05) is 35.9 Å². The molecule has 2 aromatic heterocycles. The molecule has 0 bridgehead atoms. The molecule has 1 aliphatic rings. The highest BCUT2D eigenvalue weighted by Gasteiger charge is 2.17. The van der Waals surface area contributed by atoms with Gasteiger partial charge >= 0.3 is 0 Å². The second-order valence-electron chi connectivity index (χ2n) is 6.04. The first-order chi connectivity index (χ1) is 11.7. The zero-order valence-electron chi connectivity index (χ0n) is 13.5. The maximum absolute atomic E-state index is 6.32. The lowest BCUT2D eigenvalue weighted by molar-refractivity contribution is 0.920. The average molecular weight is 340 g/mol. The largest absolute Gasteiger partial charge is 0.357 e. The van der Waals surface area contributed by atoms with Gasteiger partial charge in [-0.05, 0) is 36.1 Å². The minimum absolute atomic E-state index is 0.516. The van der Waals surface area contributed by atoms with Gasteiger partial charge < -0.3 is 9.47 Å². The molecule has 1 saturated heterocycles. The Hall–Kier alpha value is -2.40. The predicted molar refractivity (Wildman–Crippen MR) is 96.1 cm³/mol. The van der Waals surface area contributed by atoms with E-state index in [1.54, 1.807) is 6.33 Å². The van der Waals surface area contributed by atoms with Crippen LogP contribution in [0.5, 0.6) is 0 Å². The molecule has 122 valence electrons. The van der Waals surface area contributed by atoms with Gasteiger partial charge in [-0.15, -0.1) is 10.2 Å². The van der Waals surface area contributed by atoms with Crippen LogP contribution in [0.2, 0.25) is 5.15 Å². The molecule has 0 atom stereocenters. The lowest BCUT2D eigenvalue weighted by atomic mass is 10.00. The summed E-state index contributed by atoms with van der Waals surface area (Å²) in [5.74, 6) is 1.78. The summed E-state index contributed by atoms with van der Waals surface area (Å²) in [5, 5.41) is 8.76. The highest BCUT2D eigenvalue weighted by molar-refractivity contribution is 6.29. The zero-order valence-corrected chi connectivity index (χ0v) is 14.2. The van der Waals surface area contributed by atoms with Crippen LogP contribution in [0.3, 0.4) is 0 Å². The molecule has 0 N–H and O–H groups in total. The molecule has 0 amide bonds. The molecule has 1 aromatic carbocycles. The van der Waals surface area contributed by atoms with Gasteiger partial charge in [-0.3, -0.25) is 0 Å². The van der Waals surface area contributed by atoms with Crippen LogP contribution in [0.4, 0.5) is 5.82 Å². The van der Waals surface area contributed by atoms with E-state index in [2.05, 4.69) is 38.3 Å². The van der Waals surface area contributed by atoms with Crippen molar-refractivity contribution in [1.29, 1.82) is 0 Å². The maximum atomic E-state index is 6.32. The van der Waals surface area contributed by atoms with Crippen LogP contribution < -0.4 is 4.90 Å². The standard InChI is InChI=1S/C18H18ClN5/c1-23-12-20-22-18(23)15-7-3-2-6-14(15)13-10-16(19)21-17(11-13)24-8-4-5-9-24/h2-3,6-7,10-12H,4-5,8-9H2,1H3. The number of halogens is 1. The van der Waals surface area contributed by atoms with Crippen molar-refractivity contribution in [2.75, 3.05) is 18.0 Å². The lowest BCUT2D eigenvalue weighted by Crippen LogP contribution is -2.18. The van der Waals surface area contributed by atoms with E-state index in [9.17, 15) is 0 Å². The molecule has 1 fully saturated rings. The number of anilines is 1. The maximum Gasteiger partial charge on any atom is 0.164 e. The second-order valence-corrected chi connectivity index (χ2v) is 6.43. The van der Waals surface area contributed by atoms with Gasteiger partial charge in [-0.25, -0.2) is 4.98 Å². The normalized spacial score (nSPS) is 14.3. The van der Waals surface area contributed by atoms with Gasteiger partial charge in [0.15, 0.2) is 5.82 Å². The number of nitrogens with zero attached hydrogens (tertiary/aromatic N) is 5. The van der Waals surface area contributed by atoms with Crippen LogP contribution in [0, 0.1) is 0 Å². The number of rotatable bonds is 3. The minimum Gasteiger partial charge on any atom is -0.357 e. The van der Waals surface area contributed by atoms with Gasteiger partial charge in [0, 0.05) is 25.7 Å². The van der Waals surface area contributed by atoms with Gasteiger partial charge in [0.05, 0.1) is 0 Å². The smallest absolute Gasteiger partial charge is 0.164 e. The molecular formula is C18H18ClN5. The number of aromatic nitrogens is 4. The van der Waals surface area contributed by atoms with Gasteiger partial charge in [0.25, 0.3) is 0 Å². The first kappa shape index (κ1) is 15.1. The number of hydrogen-bond acceptors (Lipinski definition) is 4. The van der Waals surface area contributed by atoms with Crippen molar-refractivity contribution in [3.8, 4) is 22.5 Å². The number of pyridine rings is 1. The van der Waals surface area contributed by atoms with Crippen LogP contribution in [0.15, 0.2) is 42.7 Å². The number of benzene rings is 1. The van der Waals surface area contributed by atoms with E-state index in [4.69, 9.17) is 11.6 Å². The Morgan fingerprint density at radius 2 is 1.79 bits per heavy atom. The predicted octanol–water partition coefficient (Wildman–Crippen LogP) is 3.80. The molecule has 3 heterocycles. The fourth-order valence-electron chi connectivity index (χ4n) is 3.20. The Labute approximate surface area is 145 Å². The van der Waals surface area contributed by atoms with E-state index in [1.807, 2.05) is 29.8 Å². The molecule has 0 unspecified atom stereocenters. The average Bonchev–Trinajstić information content (AvgIpc) is 3.26. The fourth-order valence-corrected chi connectivity index (χ4v) is 3.41. The van der Waals surface area contributed by atoms with Gasteiger partial charge in [-0.2, -0.15) is 0 Å². The summed E-state index contributed by atoms with van der Waals surface area (Å²) in [7, 11) is 1.95. The summed E-state index contributed by atoms with van der Waals surface area (Å²) in [4.78, 5) is 6.80. The Kier molecular flexibility index (Phi) is 3.94. The molecule has 0 saturated carbocycles. The van der Waals surface area contributed by atoms with Crippen LogP contribution in [-0.2, 0) is 7.05 Å². The SMILES string of the molecule is Cn1cnnc1-c1ccccc1-c1cc(Cl)nc(N2CCCC2)c1. The summed E-state index contributed by atoms with van der Waals surface area (Å²) in [5.41, 5.74) is 3.17. The number of hydrogen-bond donors (Lipinski definition) is 0. The molecular weight excluding hydrogens is 322 g/mol. The van der Waals surface area contributed by atoms with Gasteiger partial charge in [0.2, 0.25) is 0 Å². The summed E-state index contributed by atoms with van der Waals surface area (Å²) in [6.45, 7) is 2.08. The number of aryl methyl sites for hydroxylation is 1. The van der Waals surface area contributed by atoms with Crippen molar-refractivity contribution in [3.63, 3.8) is 0 Å². The molecule has 4 rings (SSSR count). The molecule has 0 radical (unpaired) electrons. The first-order valence-electron chi connectivity index (χ1n) is 8.09. The summed E-state index contributed by atoms with van der Waals surface area (Å²) < 4.78 is 1.92. The Balaban J connectivity index is 1.84.